The predicted octanol–water partition coefficient (Wildman–Crippen LogP) is 4.64. The molecular formula is C22H25NO2. The van der Waals surface area contributed by atoms with Crippen molar-refractivity contribution in [3.05, 3.63) is 71.4 Å². The smallest absolute Gasteiger partial charge is 0.160 e. The van der Waals surface area contributed by atoms with Crippen molar-refractivity contribution < 1.29 is 9.53 Å². The number of hydrogen-bond donors (Lipinski definition) is 0. The molecule has 0 saturated carbocycles. The standard InChI is InChI=1S/C22H25NO2/c1-16-8-7-9-18(14-16)25-13-12-17(24)15-21-22(2,3)19-10-5-6-11-20(19)23(21)4/h5-11,14-15H,12-13H2,1-4H3/b21-15+. The molecule has 0 aliphatic carbocycles. The van der Waals surface area contributed by atoms with Gasteiger partial charge < -0.3 is 9.64 Å². The van der Waals surface area contributed by atoms with E-state index in [9.17, 15) is 4.79 Å². The molecule has 0 N–H and O–H groups in total. The minimum absolute atomic E-state index is 0.0929. The molecule has 1 aliphatic rings. The van der Waals surface area contributed by atoms with Crippen LogP contribution in [-0.4, -0.2) is 19.4 Å². The molecule has 3 rings (SSSR count). The molecule has 0 aromatic heterocycles. The Hall–Kier alpha value is -2.55. The van der Waals surface area contributed by atoms with Gasteiger partial charge in [0.25, 0.3) is 0 Å². The number of fused-ring (bicyclic) bond motifs is 1. The highest BCUT2D eigenvalue weighted by atomic mass is 16.5. The van der Waals surface area contributed by atoms with E-state index in [0.717, 1.165) is 17.0 Å². The number of allylic oxidation sites excluding steroid dienone is 2. The average Bonchev–Trinajstić information content (AvgIpc) is 2.76. The Morgan fingerprint density at radius 2 is 1.92 bits per heavy atom. The third kappa shape index (κ3) is 3.46. The lowest BCUT2D eigenvalue weighted by Crippen LogP contribution is -2.24. The van der Waals surface area contributed by atoms with Crippen LogP contribution in [0.3, 0.4) is 0 Å². The Morgan fingerprint density at radius 3 is 2.64 bits per heavy atom. The molecule has 25 heavy (non-hydrogen) atoms. The van der Waals surface area contributed by atoms with E-state index in [4.69, 9.17) is 4.74 Å². The summed E-state index contributed by atoms with van der Waals surface area (Å²) in [5.74, 6) is 0.904. The highest BCUT2D eigenvalue weighted by molar-refractivity contribution is 5.92. The van der Waals surface area contributed by atoms with E-state index in [1.54, 1.807) is 6.08 Å². The van der Waals surface area contributed by atoms with Gasteiger partial charge in [0, 0.05) is 36.3 Å². The van der Waals surface area contributed by atoms with E-state index < -0.39 is 0 Å². The van der Waals surface area contributed by atoms with Gasteiger partial charge in [-0.3, -0.25) is 4.79 Å². The number of carbonyl (C=O) groups excluding carboxylic acids is 1. The molecule has 3 heteroatoms. The minimum Gasteiger partial charge on any atom is -0.493 e. The summed E-state index contributed by atoms with van der Waals surface area (Å²) in [6, 6.07) is 16.2. The number of carbonyl (C=O) groups is 1. The van der Waals surface area contributed by atoms with Crippen LogP contribution in [0.15, 0.2) is 60.3 Å². The molecule has 0 spiro atoms. The lowest BCUT2D eigenvalue weighted by molar-refractivity contribution is -0.115. The Balaban J connectivity index is 1.67. The fourth-order valence-corrected chi connectivity index (χ4v) is 3.46. The molecule has 0 atom stereocenters. The van der Waals surface area contributed by atoms with Crippen LogP contribution in [0.1, 0.15) is 31.4 Å². The summed E-state index contributed by atoms with van der Waals surface area (Å²) in [4.78, 5) is 14.6. The first-order chi connectivity index (χ1) is 11.9. The van der Waals surface area contributed by atoms with Crippen molar-refractivity contribution in [3.8, 4) is 5.75 Å². The third-order valence-corrected chi connectivity index (χ3v) is 4.84. The second-order valence-corrected chi connectivity index (χ2v) is 7.11. The van der Waals surface area contributed by atoms with Gasteiger partial charge >= 0.3 is 0 Å². The maximum Gasteiger partial charge on any atom is 0.160 e. The Kier molecular flexibility index (Phi) is 4.67. The fourth-order valence-electron chi connectivity index (χ4n) is 3.46. The summed E-state index contributed by atoms with van der Waals surface area (Å²) in [5.41, 5.74) is 4.45. The number of ketones is 1. The Bertz CT molecular complexity index is 820. The molecular weight excluding hydrogens is 310 g/mol. The molecule has 0 fully saturated rings. The molecule has 2 aromatic carbocycles. The zero-order valence-electron chi connectivity index (χ0n) is 15.4. The van der Waals surface area contributed by atoms with E-state index in [1.165, 1.54) is 11.3 Å². The number of para-hydroxylation sites is 1. The van der Waals surface area contributed by atoms with Gasteiger partial charge in [-0.05, 0) is 36.2 Å². The van der Waals surface area contributed by atoms with Crippen molar-refractivity contribution in [2.45, 2.75) is 32.6 Å². The van der Waals surface area contributed by atoms with Crippen molar-refractivity contribution in [1.29, 1.82) is 0 Å². The van der Waals surface area contributed by atoms with Gasteiger partial charge in [-0.1, -0.05) is 44.2 Å². The number of rotatable bonds is 5. The van der Waals surface area contributed by atoms with Gasteiger partial charge in [0.15, 0.2) is 5.78 Å². The van der Waals surface area contributed by atoms with Gasteiger partial charge in [0.2, 0.25) is 0 Å². The molecule has 1 aliphatic heterocycles. The molecule has 0 unspecified atom stereocenters. The Morgan fingerprint density at radius 1 is 1.16 bits per heavy atom. The second-order valence-electron chi connectivity index (χ2n) is 7.11. The molecule has 3 nitrogen and oxygen atoms in total. The highest BCUT2D eigenvalue weighted by Crippen LogP contribution is 2.46. The lowest BCUT2D eigenvalue weighted by atomic mass is 9.83. The predicted molar refractivity (Wildman–Crippen MR) is 102 cm³/mol. The Labute approximate surface area is 149 Å². The van der Waals surface area contributed by atoms with Crippen molar-refractivity contribution in [2.24, 2.45) is 0 Å². The van der Waals surface area contributed by atoms with Crippen molar-refractivity contribution in [3.63, 3.8) is 0 Å². The molecule has 0 saturated heterocycles. The van der Waals surface area contributed by atoms with Gasteiger partial charge in [-0.15, -0.1) is 0 Å². The maximum absolute atomic E-state index is 12.5. The van der Waals surface area contributed by atoms with E-state index >= 15 is 0 Å². The van der Waals surface area contributed by atoms with Crippen LogP contribution in [0.5, 0.6) is 5.75 Å². The summed E-state index contributed by atoms with van der Waals surface area (Å²) < 4.78 is 5.70. The van der Waals surface area contributed by atoms with Crippen LogP contribution in [0.25, 0.3) is 0 Å². The minimum atomic E-state index is -0.168. The number of ether oxygens (including phenoxy) is 1. The van der Waals surface area contributed by atoms with Crippen LogP contribution in [-0.2, 0) is 10.2 Å². The van der Waals surface area contributed by atoms with Crippen molar-refractivity contribution >= 4 is 11.5 Å². The largest absolute Gasteiger partial charge is 0.493 e. The summed E-state index contributed by atoms with van der Waals surface area (Å²) in [7, 11) is 2.02. The fraction of sp³-hybridized carbons (Fsp3) is 0.318. The first kappa shape index (κ1) is 17.3. The summed E-state index contributed by atoms with van der Waals surface area (Å²) in [6.07, 6.45) is 2.15. The van der Waals surface area contributed by atoms with E-state index in [1.807, 2.05) is 44.3 Å². The summed E-state index contributed by atoms with van der Waals surface area (Å²) in [6.45, 7) is 6.75. The first-order valence-electron chi connectivity index (χ1n) is 8.67. The van der Waals surface area contributed by atoms with Gasteiger partial charge in [-0.25, -0.2) is 0 Å². The normalized spacial score (nSPS) is 16.8. The van der Waals surface area contributed by atoms with Crippen LogP contribution in [0.2, 0.25) is 0 Å². The number of anilines is 1. The molecule has 0 radical (unpaired) electrons. The zero-order valence-corrected chi connectivity index (χ0v) is 15.4. The van der Waals surface area contributed by atoms with Crippen LogP contribution >= 0.6 is 0 Å². The van der Waals surface area contributed by atoms with Crippen LogP contribution < -0.4 is 9.64 Å². The first-order valence-corrected chi connectivity index (χ1v) is 8.67. The third-order valence-electron chi connectivity index (χ3n) is 4.84. The van der Waals surface area contributed by atoms with E-state index in [0.29, 0.717) is 13.0 Å². The number of likely N-dealkylation sites (N-methyl/N-ethyl adjacent to an activating group) is 1. The second kappa shape index (κ2) is 6.75. The van der Waals surface area contributed by atoms with Crippen LogP contribution in [0, 0.1) is 6.92 Å². The summed E-state index contributed by atoms with van der Waals surface area (Å²) >= 11 is 0. The number of hydrogen-bond acceptors (Lipinski definition) is 3. The van der Waals surface area contributed by atoms with Crippen molar-refractivity contribution in [1.82, 2.24) is 0 Å². The maximum atomic E-state index is 12.5. The topological polar surface area (TPSA) is 29.5 Å². The SMILES string of the molecule is Cc1cccc(OCCC(=O)/C=C2/N(C)c3ccccc3C2(C)C)c1. The van der Waals surface area contributed by atoms with Gasteiger partial charge in [0.1, 0.15) is 5.75 Å². The molecule has 130 valence electrons. The molecule has 2 aromatic rings. The van der Waals surface area contributed by atoms with Gasteiger partial charge in [0.05, 0.1) is 6.61 Å². The quantitative estimate of drug-likeness (QED) is 0.745. The highest BCUT2D eigenvalue weighted by Gasteiger charge is 2.38. The molecule has 1 heterocycles. The monoisotopic (exact) mass is 335 g/mol. The molecule has 0 amide bonds. The van der Waals surface area contributed by atoms with Crippen molar-refractivity contribution in [2.75, 3.05) is 18.6 Å². The average molecular weight is 335 g/mol. The number of aryl methyl sites for hydroxylation is 1. The van der Waals surface area contributed by atoms with E-state index in [2.05, 4.69) is 36.9 Å². The van der Waals surface area contributed by atoms with Gasteiger partial charge in [-0.2, -0.15) is 0 Å². The number of benzene rings is 2. The summed E-state index contributed by atoms with van der Waals surface area (Å²) in [5, 5.41) is 0. The number of nitrogens with zero attached hydrogens (tertiary/aromatic N) is 1. The molecule has 0 bridgehead atoms. The zero-order chi connectivity index (χ0) is 18.0. The van der Waals surface area contributed by atoms with E-state index in [-0.39, 0.29) is 11.2 Å². The van der Waals surface area contributed by atoms with Crippen LogP contribution in [0.4, 0.5) is 5.69 Å². The lowest BCUT2D eigenvalue weighted by Gasteiger charge is -2.24.